The Morgan fingerprint density at radius 2 is 1.62 bits per heavy atom. The quantitative estimate of drug-likeness (QED) is 0.726. The monoisotopic (exact) mass is 312 g/mol. The van der Waals surface area contributed by atoms with E-state index < -0.39 is 48.4 Å². The molecule has 0 aliphatic carbocycles. The first-order valence-corrected chi connectivity index (χ1v) is 6.89. The average Bonchev–Trinajstić information content (AvgIpc) is 2.23. The van der Waals surface area contributed by atoms with Crippen molar-refractivity contribution in [3.63, 3.8) is 0 Å². The van der Waals surface area contributed by atoms with Gasteiger partial charge in [0.2, 0.25) is 0 Å². The van der Waals surface area contributed by atoms with Crippen LogP contribution in [0.15, 0.2) is 0 Å². The zero-order valence-electron chi connectivity index (χ0n) is 12.8. The Hall–Kier alpha value is -1.27. The lowest BCUT2D eigenvalue weighted by Crippen LogP contribution is -2.36. The fourth-order valence-corrected chi connectivity index (χ4v) is 1.99. The van der Waals surface area contributed by atoms with Crippen molar-refractivity contribution < 1.29 is 32.6 Å². The minimum Gasteiger partial charge on any atom is -0.481 e. The maximum absolute atomic E-state index is 12.4. The van der Waals surface area contributed by atoms with Crippen molar-refractivity contribution in [2.75, 3.05) is 0 Å². The van der Waals surface area contributed by atoms with Gasteiger partial charge < -0.3 is 9.84 Å². The van der Waals surface area contributed by atoms with Gasteiger partial charge >= 0.3 is 18.1 Å². The Bertz CT molecular complexity index is 358. The Morgan fingerprint density at radius 3 is 1.95 bits per heavy atom. The van der Waals surface area contributed by atoms with Gasteiger partial charge in [-0.15, -0.1) is 0 Å². The second-order valence-electron chi connectivity index (χ2n) is 6.03. The van der Waals surface area contributed by atoms with Crippen molar-refractivity contribution in [1.82, 2.24) is 0 Å². The third kappa shape index (κ3) is 8.57. The van der Waals surface area contributed by atoms with Gasteiger partial charge in [-0.05, 0) is 33.6 Å². The first-order chi connectivity index (χ1) is 9.37. The number of hydrogen-bond acceptors (Lipinski definition) is 3. The molecule has 2 atom stereocenters. The normalized spacial score (nSPS) is 15.4. The van der Waals surface area contributed by atoms with Crippen LogP contribution in [0.4, 0.5) is 13.2 Å². The highest BCUT2D eigenvalue weighted by molar-refractivity contribution is 5.81. The summed E-state index contributed by atoms with van der Waals surface area (Å²) in [6.07, 6.45) is -5.62. The first kappa shape index (κ1) is 19.7. The summed E-state index contributed by atoms with van der Waals surface area (Å²) >= 11 is 0. The van der Waals surface area contributed by atoms with Crippen LogP contribution in [0.1, 0.15) is 53.4 Å². The summed E-state index contributed by atoms with van der Waals surface area (Å²) in [7, 11) is 0. The summed E-state index contributed by atoms with van der Waals surface area (Å²) in [6.45, 7) is 6.47. The standard InChI is InChI=1S/C14H23F3O4/c1-5-6-9(11(18)19)10(7-8-14(15,16)17)12(20)21-13(2,3)4/h9-10H,5-8H2,1-4H3,(H,18,19). The van der Waals surface area contributed by atoms with E-state index in [0.29, 0.717) is 6.42 Å². The Morgan fingerprint density at radius 1 is 1.10 bits per heavy atom. The minimum absolute atomic E-state index is 0.136. The lowest BCUT2D eigenvalue weighted by atomic mass is 9.85. The molecule has 0 fully saturated rings. The summed E-state index contributed by atoms with van der Waals surface area (Å²) in [5.74, 6) is -4.60. The van der Waals surface area contributed by atoms with Crippen LogP contribution in [0, 0.1) is 11.8 Å². The van der Waals surface area contributed by atoms with E-state index in [1.54, 1.807) is 27.7 Å². The van der Waals surface area contributed by atoms with Gasteiger partial charge in [0.1, 0.15) is 5.60 Å². The Kier molecular flexibility index (Phi) is 7.19. The van der Waals surface area contributed by atoms with Crippen molar-refractivity contribution in [3.8, 4) is 0 Å². The molecule has 0 aliphatic heterocycles. The smallest absolute Gasteiger partial charge is 0.389 e. The highest BCUT2D eigenvalue weighted by Gasteiger charge is 2.39. The van der Waals surface area contributed by atoms with Crippen LogP contribution in [0.25, 0.3) is 0 Å². The zero-order chi connectivity index (χ0) is 16.8. The van der Waals surface area contributed by atoms with Crippen LogP contribution in [0.2, 0.25) is 0 Å². The third-order valence-electron chi connectivity index (χ3n) is 2.85. The number of rotatable bonds is 7. The highest BCUT2D eigenvalue weighted by Crippen LogP contribution is 2.31. The maximum atomic E-state index is 12.4. The summed E-state index contributed by atoms with van der Waals surface area (Å²) in [6, 6.07) is 0. The number of carboxylic acid groups (broad SMARTS) is 1. The van der Waals surface area contributed by atoms with Crippen molar-refractivity contribution in [2.24, 2.45) is 11.8 Å². The lowest BCUT2D eigenvalue weighted by molar-refractivity contribution is -0.171. The van der Waals surface area contributed by atoms with Gasteiger partial charge in [-0.3, -0.25) is 9.59 Å². The molecule has 0 aliphatic rings. The molecule has 0 bridgehead atoms. The van der Waals surface area contributed by atoms with Gasteiger partial charge in [0.05, 0.1) is 11.8 Å². The largest absolute Gasteiger partial charge is 0.481 e. The number of alkyl halides is 3. The fraction of sp³-hybridized carbons (Fsp3) is 0.857. The Balaban J connectivity index is 5.14. The predicted molar refractivity (Wildman–Crippen MR) is 70.7 cm³/mol. The molecule has 0 saturated carbocycles. The van der Waals surface area contributed by atoms with Gasteiger partial charge in [-0.1, -0.05) is 13.3 Å². The zero-order valence-corrected chi connectivity index (χ0v) is 12.8. The third-order valence-corrected chi connectivity index (χ3v) is 2.85. The molecular weight excluding hydrogens is 289 g/mol. The topological polar surface area (TPSA) is 63.6 Å². The van der Waals surface area contributed by atoms with Gasteiger partial charge in [0.25, 0.3) is 0 Å². The molecule has 2 unspecified atom stereocenters. The van der Waals surface area contributed by atoms with Crippen LogP contribution < -0.4 is 0 Å². The maximum Gasteiger partial charge on any atom is 0.389 e. The lowest BCUT2D eigenvalue weighted by Gasteiger charge is -2.27. The van der Waals surface area contributed by atoms with E-state index in [1.165, 1.54) is 0 Å². The fourth-order valence-electron chi connectivity index (χ4n) is 1.99. The molecule has 7 heteroatoms. The van der Waals surface area contributed by atoms with Gasteiger partial charge in [0.15, 0.2) is 0 Å². The molecule has 0 aromatic carbocycles. The molecule has 0 heterocycles. The molecule has 0 rings (SSSR count). The SMILES string of the molecule is CCCC(C(=O)O)C(CCC(F)(F)F)C(=O)OC(C)(C)C. The first-order valence-electron chi connectivity index (χ1n) is 6.89. The average molecular weight is 312 g/mol. The van der Waals surface area contributed by atoms with E-state index in [-0.39, 0.29) is 6.42 Å². The molecule has 4 nitrogen and oxygen atoms in total. The highest BCUT2D eigenvalue weighted by atomic mass is 19.4. The van der Waals surface area contributed by atoms with Gasteiger partial charge in [-0.25, -0.2) is 0 Å². The molecule has 0 aromatic rings. The molecule has 1 N–H and O–H groups in total. The summed E-state index contributed by atoms with van der Waals surface area (Å²) in [4.78, 5) is 23.3. The summed E-state index contributed by atoms with van der Waals surface area (Å²) < 4.78 is 42.2. The number of halogens is 3. The second-order valence-corrected chi connectivity index (χ2v) is 6.03. The van der Waals surface area contributed by atoms with Crippen molar-refractivity contribution in [2.45, 2.75) is 65.2 Å². The van der Waals surface area contributed by atoms with E-state index in [1.807, 2.05) is 0 Å². The van der Waals surface area contributed by atoms with Crippen LogP contribution in [0.3, 0.4) is 0 Å². The van der Waals surface area contributed by atoms with E-state index in [4.69, 9.17) is 9.84 Å². The molecule has 124 valence electrons. The van der Waals surface area contributed by atoms with Crippen molar-refractivity contribution in [3.05, 3.63) is 0 Å². The molecule has 0 aromatic heterocycles. The number of hydrogen-bond donors (Lipinski definition) is 1. The molecule has 21 heavy (non-hydrogen) atoms. The molecule has 0 amide bonds. The van der Waals surface area contributed by atoms with E-state index in [2.05, 4.69) is 0 Å². The van der Waals surface area contributed by atoms with E-state index >= 15 is 0 Å². The minimum atomic E-state index is -4.43. The number of ether oxygens (including phenoxy) is 1. The van der Waals surface area contributed by atoms with Crippen LogP contribution in [0.5, 0.6) is 0 Å². The number of aliphatic carboxylic acids is 1. The van der Waals surface area contributed by atoms with Crippen LogP contribution in [-0.2, 0) is 14.3 Å². The van der Waals surface area contributed by atoms with Gasteiger partial charge in [-0.2, -0.15) is 13.2 Å². The number of carbonyl (C=O) groups excluding carboxylic acids is 1. The summed E-state index contributed by atoms with van der Waals surface area (Å²) in [5.41, 5.74) is -0.872. The number of esters is 1. The van der Waals surface area contributed by atoms with E-state index in [9.17, 15) is 22.8 Å². The molecule has 0 radical (unpaired) electrons. The van der Waals surface area contributed by atoms with Crippen LogP contribution in [-0.4, -0.2) is 28.8 Å². The number of carboxylic acids is 1. The van der Waals surface area contributed by atoms with Gasteiger partial charge in [0, 0.05) is 6.42 Å². The van der Waals surface area contributed by atoms with Crippen molar-refractivity contribution >= 4 is 11.9 Å². The molecule has 0 saturated heterocycles. The summed E-state index contributed by atoms with van der Waals surface area (Å²) in [5, 5.41) is 9.16. The molecular formula is C14H23F3O4. The molecule has 0 spiro atoms. The second kappa shape index (κ2) is 7.66. The predicted octanol–water partition coefficient (Wildman–Crippen LogP) is 3.79. The van der Waals surface area contributed by atoms with Crippen molar-refractivity contribution in [1.29, 1.82) is 0 Å². The number of carbonyl (C=O) groups is 2. The Labute approximate surface area is 122 Å². The van der Waals surface area contributed by atoms with Crippen LogP contribution >= 0.6 is 0 Å². The van der Waals surface area contributed by atoms with E-state index in [0.717, 1.165) is 0 Å².